The Balaban J connectivity index is 0.00000233. The van der Waals surface area contributed by atoms with Crippen molar-refractivity contribution >= 4 is 35.0 Å². The fraction of sp³-hybridized carbons (Fsp3) is 0.500. The van der Waals surface area contributed by atoms with E-state index in [0.717, 1.165) is 0 Å². The lowest BCUT2D eigenvalue weighted by Gasteiger charge is -2.31. The number of alkyl halides is 1. The van der Waals surface area contributed by atoms with Crippen LogP contribution < -0.4 is 11.1 Å². The van der Waals surface area contributed by atoms with E-state index in [-0.39, 0.29) is 24.3 Å². The molecule has 0 spiro atoms. The van der Waals surface area contributed by atoms with Crippen molar-refractivity contribution in [1.82, 2.24) is 5.32 Å². The molecule has 0 bridgehead atoms. The van der Waals surface area contributed by atoms with E-state index in [1.807, 2.05) is 19.2 Å². The number of nitrogens with two attached hydrogens (primary N) is 1. The Morgan fingerprint density at radius 2 is 2.00 bits per heavy atom. The second-order valence-corrected chi connectivity index (χ2v) is 8.23. The number of aliphatic hydroxyl groups excluding tert-OH is 1. The molecule has 0 aromatic heterocycles. The van der Waals surface area contributed by atoms with E-state index in [4.69, 9.17) is 22.1 Å². The second kappa shape index (κ2) is 11.2. The molecule has 1 saturated carbocycles. The number of amides is 2. The van der Waals surface area contributed by atoms with E-state index in [1.54, 1.807) is 45.0 Å². The van der Waals surface area contributed by atoms with Crippen molar-refractivity contribution < 1.29 is 23.8 Å². The largest absolute Gasteiger partial charge is 0.444 e. The standard InChI is InChI=1S/C20H25ClFN3O4.C2H6/c1-19(2,3)29-18(28)25-17(27)20(22)8-7-14(15(23)11-26)16(10-20)24-13-6-4-5-12(21)9-13;1-2/h4-6,9,26H,7-8,10-11,23H2,1-3H3,(H,25,27,28);1-2H3/b15-14-,24-16?;. The first-order valence-electron chi connectivity index (χ1n) is 10.1. The Morgan fingerprint density at radius 1 is 1.35 bits per heavy atom. The highest BCUT2D eigenvalue weighted by molar-refractivity contribution is 6.30. The summed E-state index contributed by atoms with van der Waals surface area (Å²) in [5.41, 5.74) is 3.95. The van der Waals surface area contributed by atoms with Gasteiger partial charge >= 0.3 is 6.09 Å². The van der Waals surface area contributed by atoms with Crippen LogP contribution in [0.4, 0.5) is 14.9 Å². The zero-order chi connectivity index (χ0) is 23.8. The lowest BCUT2D eigenvalue weighted by Crippen LogP contribution is -2.50. The van der Waals surface area contributed by atoms with Crippen LogP contribution >= 0.6 is 11.6 Å². The summed E-state index contributed by atoms with van der Waals surface area (Å²) in [6, 6.07) is 6.59. The van der Waals surface area contributed by atoms with Gasteiger partial charge in [0.05, 0.1) is 12.3 Å². The number of imide groups is 1. The molecule has 1 unspecified atom stereocenters. The number of hydrogen-bond acceptors (Lipinski definition) is 6. The first kappa shape index (κ1) is 26.6. The molecule has 1 aliphatic rings. The van der Waals surface area contributed by atoms with Crippen molar-refractivity contribution in [3.05, 3.63) is 40.6 Å². The van der Waals surface area contributed by atoms with Gasteiger partial charge in [0.15, 0.2) is 5.67 Å². The predicted octanol–water partition coefficient (Wildman–Crippen LogP) is 4.59. The number of nitrogens with one attached hydrogen (secondary N) is 1. The summed E-state index contributed by atoms with van der Waals surface area (Å²) in [6.07, 6.45) is -1.58. The maximum absolute atomic E-state index is 15.5. The predicted molar refractivity (Wildman–Crippen MR) is 120 cm³/mol. The van der Waals surface area contributed by atoms with Crippen LogP contribution in [-0.2, 0) is 9.53 Å². The number of allylic oxidation sites excluding steroid dienone is 1. The molecule has 7 nitrogen and oxygen atoms in total. The molecule has 1 aromatic carbocycles. The molecule has 4 N–H and O–H groups in total. The van der Waals surface area contributed by atoms with Crippen LogP contribution in [0.3, 0.4) is 0 Å². The van der Waals surface area contributed by atoms with E-state index in [0.29, 0.717) is 16.3 Å². The molecular weight excluding hydrogens is 425 g/mol. The van der Waals surface area contributed by atoms with Crippen LogP contribution in [0.15, 0.2) is 40.5 Å². The number of rotatable bonds is 3. The third-order valence-corrected chi connectivity index (χ3v) is 4.45. The molecule has 0 heterocycles. The Morgan fingerprint density at radius 3 is 2.55 bits per heavy atom. The first-order valence-corrected chi connectivity index (χ1v) is 10.5. The molecule has 1 atom stereocenters. The third-order valence-electron chi connectivity index (χ3n) is 4.22. The van der Waals surface area contributed by atoms with E-state index in [9.17, 15) is 14.7 Å². The Bertz CT molecular complexity index is 865. The molecule has 0 radical (unpaired) electrons. The topological polar surface area (TPSA) is 114 Å². The summed E-state index contributed by atoms with van der Waals surface area (Å²) in [4.78, 5) is 28.7. The maximum Gasteiger partial charge on any atom is 0.414 e. The van der Waals surface area contributed by atoms with Crippen molar-refractivity contribution in [3.63, 3.8) is 0 Å². The molecular formula is C22H31ClFN3O4. The molecule has 1 fully saturated rings. The molecule has 0 aliphatic heterocycles. The van der Waals surface area contributed by atoms with Gasteiger partial charge in [0, 0.05) is 22.9 Å². The summed E-state index contributed by atoms with van der Waals surface area (Å²) >= 11 is 5.97. The molecule has 2 amide bonds. The SMILES string of the molecule is CC.CC(C)(C)OC(=O)NC(=O)C1(F)CC/C(=C(/N)CO)C(=Nc2cccc(Cl)c2)C1. The summed E-state index contributed by atoms with van der Waals surface area (Å²) in [5, 5.41) is 11.8. The zero-order valence-electron chi connectivity index (χ0n) is 18.6. The fourth-order valence-electron chi connectivity index (χ4n) is 2.88. The van der Waals surface area contributed by atoms with Crippen LogP contribution in [0.1, 0.15) is 53.9 Å². The number of halogens is 2. The zero-order valence-corrected chi connectivity index (χ0v) is 19.3. The van der Waals surface area contributed by atoms with Crippen molar-refractivity contribution in [2.45, 2.75) is 65.2 Å². The van der Waals surface area contributed by atoms with Crippen LogP contribution in [0.2, 0.25) is 5.02 Å². The highest BCUT2D eigenvalue weighted by Gasteiger charge is 2.45. The average molecular weight is 456 g/mol. The Hall–Kier alpha value is -2.45. The summed E-state index contributed by atoms with van der Waals surface area (Å²) in [6.45, 7) is 8.47. The van der Waals surface area contributed by atoms with Crippen molar-refractivity contribution in [2.75, 3.05) is 6.61 Å². The van der Waals surface area contributed by atoms with E-state index >= 15 is 4.39 Å². The van der Waals surface area contributed by atoms with Gasteiger partial charge in [-0.2, -0.15) is 0 Å². The van der Waals surface area contributed by atoms with Crippen LogP contribution in [-0.4, -0.2) is 40.7 Å². The minimum atomic E-state index is -2.38. The minimum absolute atomic E-state index is 0.0734. The van der Waals surface area contributed by atoms with E-state index in [1.165, 1.54) is 0 Å². The minimum Gasteiger partial charge on any atom is -0.444 e. The van der Waals surface area contributed by atoms with Gasteiger partial charge in [-0.05, 0) is 57.4 Å². The van der Waals surface area contributed by atoms with Gasteiger partial charge in [-0.25, -0.2) is 9.18 Å². The number of nitrogens with zero attached hydrogens (tertiary/aromatic N) is 1. The highest BCUT2D eigenvalue weighted by atomic mass is 35.5. The maximum atomic E-state index is 15.5. The molecule has 9 heteroatoms. The molecule has 0 saturated heterocycles. The van der Waals surface area contributed by atoms with Gasteiger partial charge in [-0.1, -0.05) is 31.5 Å². The molecule has 2 rings (SSSR count). The number of hydrogen-bond donors (Lipinski definition) is 3. The molecule has 1 aromatic rings. The smallest absolute Gasteiger partial charge is 0.414 e. The van der Waals surface area contributed by atoms with Gasteiger partial charge < -0.3 is 15.6 Å². The summed E-state index contributed by atoms with van der Waals surface area (Å²) in [5.74, 6) is -1.10. The fourth-order valence-corrected chi connectivity index (χ4v) is 3.06. The van der Waals surface area contributed by atoms with Crippen molar-refractivity contribution in [3.8, 4) is 0 Å². The van der Waals surface area contributed by atoms with Crippen molar-refractivity contribution in [1.29, 1.82) is 0 Å². The Kier molecular flexibility index (Phi) is 9.65. The average Bonchev–Trinajstić information content (AvgIpc) is 2.67. The third kappa shape index (κ3) is 7.95. The first-order chi connectivity index (χ1) is 14.4. The van der Waals surface area contributed by atoms with Crippen LogP contribution in [0.5, 0.6) is 0 Å². The number of carbonyl (C=O) groups is 2. The van der Waals surface area contributed by atoms with Gasteiger partial charge in [0.1, 0.15) is 5.60 Å². The number of aliphatic hydroxyl groups is 1. The van der Waals surface area contributed by atoms with Gasteiger partial charge in [0.25, 0.3) is 5.91 Å². The van der Waals surface area contributed by atoms with E-state index in [2.05, 4.69) is 4.99 Å². The number of carbonyl (C=O) groups excluding carboxylic acids is 2. The quantitative estimate of drug-likeness (QED) is 0.616. The van der Waals surface area contributed by atoms with Crippen LogP contribution in [0.25, 0.3) is 0 Å². The lowest BCUT2D eigenvalue weighted by molar-refractivity contribution is -0.132. The van der Waals surface area contributed by atoms with Crippen molar-refractivity contribution in [2.24, 2.45) is 10.7 Å². The molecule has 31 heavy (non-hydrogen) atoms. The second-order valence-electron chi connectivity index (χ2n) is 7.80. The highest BCUT2D eigenvalue weighted by Crippen LogP contribution is 2.36. The van der Waals surface area contributed by atoms with Gasteiger partial charge in [-0.3, -0.25) is 15.1 Å². The lowest BCUT2D eigenvalue weighted by atomic mass is 9.80. The van der Waals surface area contributed by atoms with Gasteiger partial charge in [0.2, 0.25) is 0 Å². The molecule has 172 valence electrons. The van der Waals surface area contributed by atoms with Crippen LogP contribution in [0, 0.1) is 0 Å². The Labute approximate surface area is 187 Å². The number of benzene rings is 1. The summed E-state index contributed by atoms with van der Waals surface area (Å²) < 4.78 is 20.5. The van der Waals surface area contributed by atoms with E-state index < -0.39 is 36.3 Å². The van der Waals surface area contributed by atoms with Gasteiger partial charge in [-0.15, -0.1) is 0 Å². The molecule has 1 aliphatic carbocycles. The summed E-state index contributed by atoms with van der Waals surface area (Å²) in [7, 11) is 0. The number of aliphatic imine (C=N–C) groups is 1. The monoisotopic (exact) mass is 455 g/mol. The normalized spacial score (nSPS) is 21.6. The number of alkyl carbamates (subject to hydrolysis) is 1. The number of ether oxygens (including phenoxy) is 1.